The van der Waals surface area contributed by atoms with Gasteiger partial charge in [-0.05, 0) is 66.7 Å². The van der Waals surface area contributed by atoms with Crippen LogP contribution in [0.5, 0.6) is 0 Å². The van der Waals surface area contributed by atoms with Crippen LogP contribution >= 0.6 is 0 Å². The van der Waals surface area contributed by atoms with E-state index >= 15 is 0 Å². The molecule has 168 valence electrons. The second-order valence-electron chi connectivity index (χ2n) is 8.42. The van der Waals surface area contributed by atoms with Crippen molar-refractivity contribution < 1.29 is 0 Å². The number of aromatic nitrogens is 6. The van der Waals surface area contributed by atoms with Gasteiger partial charge in [-0.25, -0.2) is 15.0 Å². The Balaban J connectivity index is 1.38. The zero-order chi connectivity index (χ0) is 23.9. The first-order chi connectivity index (χ1) is 17.8. The van der Waals surface area contributed by atoms with Crippen LogP contribution in [0, 0.1) is 0 Å². The summed E-state index contributed by atoms with van der Waals surface area (Å²) in [5, 5.41) is 3.06. The highest BCUT2D eigenvalue weighted by molar-refractivity contribution is 6.21. The van der Waals surface area contributed by atoms with Crippen LogP contribution in [0.4, 0.5) is 0 Å². The molecule has 0 N–H and O–H groups in total. The van der Waals surface area contributed by atoms with Crippen molar-refractivity contribution in [2.24, 2.45) is 0 Å². The molecule has 0 amide bonds. The minimum atomic E-state index is 0.779. The molecule has 0 spiro atoms. The summed E-state index contributed by atoms with van der Waals surface area (Å²) in [6.07, 6.45) is 5.37. The predicted octanol–water partition coefficient (Wildman–Crippen LogP) is 6.52. The van der Waals surface area contributed by atoms with Gasteiger partial charge in [0.05, 0.1) is 50.7 Å². The molecule has 0 saturated carbocycles. The van der Waals surface area contributed by atoms with Crippen molar-refractivity contribution in [3.8, 4) is 34.2 Å². The van der Waals surface area contributed by atoms with Crippen LogP contribution in [0.2, 0.25) is 0 Å². The van der Waals surface area contributed by atoms with E-state index < -0.39 is 0 Å². The van der Waals surface area contributed by atoms with Crippen LogP contribution < -0.4 is 0 Å². The van der Waals surface area contributed by atoms with Gasteiger partial charge in [0.1, 0.15) is 0 Å². The SMILES string of the molecule is c1ccc(-c2cccc(-c3cccc(-c4ccc5c6cccnc6c6ncccc6c5n4)n3)n2)nc1. The Kier molecular flexibility index (Phi) is 4.67. The second-order valence-corrected chi connectivity index (χ2v) is 8.42. The Bertz CT molecular complexity index is 1860. The Morgan fingerprint density at radius 3 is 1.50 bits per heavy atom. The second kappa shape index (κ2) is 8.29. The van der Waals surface area contributed by atoms with Crippen molar-refractivity contribution in [1.82, 2.24) is 29.9 Å². The fraction of sp³-hybridized carbons (Fsp3) is 0. The summed E-state index contributed by atoms with van der Waals surface area (Å²) in [5.41, 5.74) is 7.39. The van der Waals surface area contributed by atoms with Gasteiger partial charge in [-0.15, -0.1) is 0 Å². The van der Waals surface area contributed by atoms with E-state index in [4.69, 9.17) is 15.0 Å². The van der Waals surface area contributed by atoms with Gasteiger partial charge < -0.3 is 0 Å². The standard InChI is InChI=1S/C30H18N6/c1-2-16-31-22(9-1)23-10-3-11-24(34-23)25-12-4-13-26(35-25)27-15-14-20-19-7-5-17-32-29(19)30-21(28(20)36-27)8-6-18-33-30/h1-18H. The first-order valence-corrected chi connectivity index (χ1v) is 11.6. The molecule has 0 radical (unpaired) electrons. The number of nitrogens with zero attached hydrogens (tertiary/aromatic N) is 6. The molecule has 0 unspecified atom stereocenters. The highest BCUT2D eigenvalue weighted by atomic mass is 14.8. The van der Waals surface area contributed by atoms with Crippen LogP contribution in [0.1, 0.15) is 0 Å². The number of fused-ring (bicyclic) bond motifs is 6. The molecule has 0 aliphatic heterocycles. The lowest BCUT2D eigenvalue weighted by Gasteiger charge is -2.10. The molecular formula is C30H18N6. The van der Waals surface area contributed by atoms with E-state index in [2.05, 4.69) is 27.1 Å². The smallest absolute Gasteiger partial charge is 0.0986 e. The molecule has 0 aliphatic rings. The largest absolute Gasteiger partial charge is 0.255 e. The number of hydrogen-bond donors (Lipinski definition) is 0. The van der Waals surface area contributed by atoms with E-state index in [0.717, 1.165) is 66.9 Å². The molecule has 0 aliphatic carbocycles. The summed E-state index contributed by atoms with van der Waals surface area (Å²) in [6, 6.07) is 29.7. The molecule has 6 nitrogen and oxygen atoms in total. The molecule has 0 fully saturated rings. The molecule has 1 aromatic carbocycles. The minimum Gasteiger partial charge on any atom is -0.255 e. The molecule has 6 aromatic heterocycles. The van der Waals surface area contributed by atoms with Crippen LogP contribution in [0.3, 0.4) is 0 Å². The van der Waals surface area contributed by atoms with E-state index in [0.29, 0.717) is 0 Å². The number of benzene rings is 1. The summed E-state index contributed by atoms with van der Waals surface area (Å²) in [4.78, 5) is 28.4. The Hall–Kier alpha value is -5.10. The number of hydrogen-bond acceptors (Lipinski definition) is 6. The minimum absolute atomic E-state index is 0.779. The summed E-state index contributed by atoms with van der Waals surface area (Å²) >= 11 is 0. The average molecular weight is 463 g/mol. The van der Waals surface area contributed by atoms with Crippen molar-refractivity contribution >= 4 is 32.7 Å². The van der Waals surface area contributed by atoms with Gasteiger partial charge in [0.2, 0.25) is 0 Å². The van der Waals surface area contributed by atoms with Crippen molar-refractivity contribution in [2.45, 2.75) is 0 Å². The van der Waals surface area contributed by atoms with E-state index in [-0.39, 0.29) is 0 Å². The molecule has 0 bridgehead atoms. The zero-order valence-corrected chi connectivity index (χ0v) is 19.1. The third-order valence-corrected chi connectivity index (χ3v) is 6.23. The van der Waals surface area contributed by atoms with Crippen molar-refractivity contribution in [2.75, 3.05) is 0 Å². The highest BCUT2D eigenvalue weighted by Crippen LogP contribution is 2.33. The monoisotopic (exact) mass is 462 g/mol. The van der Waals surface area contributed by atoms with Gasteiger partial charge >= 0.3 is 0 Å². The van der Waals surface area contributed by atoms with Gasteiger partial charge in [0, 0.05) is 34.7 Å². The van der Waals surface area contributed by atoms with Crippen LogP contribution in [0.25, 0.3) is 66.9 Å². The lowest BCUT2D eigenvalue weighted by atomic mass is 10.0. The third-order valence-electron chi connectivity index (χ3n) is 6.23. The summed E-state index contributed by atoms with van der Waals surface area (Å²) in [5.74, 6) is 0. The molecular weight excluding hydrogens is 444 g/mol. The van der Waals surface area contributed by atoms with Crippen molar-refractivity contribution in [1.29, 1.82) is 0 Å². The van der Waals surface area contributed by atoms with Crippen molar-refractivity contribution in [3.05, 3.63) is 110 Å². The fourth-order valence-electron chi connectivity index (χ4n) is 4.58. The molecule has 6 heterocycles. The highest BCUT2D eigenvalue weighted by Gasteiger charge is 2.13. The van der Waals surface area contributed by atoms with Gasteiger partial charge in [-0.1, -0.05) is 24.3 Å². The van der Waals surface area contributed by atoms with Gasteiger partial charge in [-0.2, -0.15) is 0 Å². The maximum Gasteiger partial charge on any atom is 0.0986 e. The zero-order valence-electron chi connectivity index (χ0n) is 19.1. The van der Waals surface area contributed by atoms with Crippen LogP contribution in [-0.2, 0) is 0 Å². The fourth-order valence-corrected chi connectivity index (χ4v) is 4.58. The molecule has 7 rings (SSSR count). The quantitative estimate of drug-likeness (QED) is 0.278. The van der Waals surface area contributed by atoms with Crippen LogP contribution in [0.15, 0.2) is 110 Å². The van der Waals surface area contributed by atoms with Gasteiger partial charge in [-0.3, -0.25) is 15.0 Å². The third kappa shape index (κ3) is 3.35. The summed E-state index contributed by atoms with van der Waals surface area (Å²) in [6.45, 7) is 0. The number of rotatable bonds is 3. The molecule has 0 saturated heterocycles. The average Bonchev–Trinajstić information content (AvgIpc) is 2.98. The molecule has 0 atom stereocenters. The van der Waals surface area contributed by atoms with E-state index in [1.54, 1.807) is 18.6 Å². The Morgan fingerprint density at radius 2 is 0.833 bits per heavy atom. The number of pyridine rings is 6. The van der Waals surface area contributed by atoms with Crippen molar-refractivity contribution in [3.63, 3.8) is 0 Å². The summed E-state index contributed by atoms with van der Waals surface area (Å²) in [7, 11) is 0. The van der Waals surface area contributed by atoms with Gasteiger partial charge in [0.25, 0.3) is 0 Å². The molecule has 36 heavy (non-hydrogen) atoms. The maximum absolute atomic E-state index is 5.06. The topological polar surface area (TPSA) is 77.3 Å². The molecule has 7 aromatic rings. The first kappa shape index (κ1) is 20.3. The normalized spacial score (nSPS) is 11.3. The van der Waals surface area contributed by atoms with E-state index in [9.17, 15) is 0 Å². The Labute approximate surface area is 206 Å². The van der Waals surface area contributed by atoms with Gasteiger partial charge in [0.15, 0.2) is 0 Å². The molecule has 6 heteroatoms. The predicted molar refractivity (Wildman–Crippen MR) is 142 cm³/mol. The van der Waals surface area contributed by atoms with E-state index in [1.165, 1.54) is 0 Å². The lowest BCUT2D eigenvalue weighted by Crippen LogP contribution is -1.95. The van der Waals surface area contributed by atoms with Crippen LogP contribution in [-0.4, -0.2) is 29.9 Å². The van der Waals surface area contributed by atoms with E-state index in [1.807, 2.05) is 78.9 Å². The maximum atomic E-state index is 5.06. The Morgan fingerprint density at radius 1 is 0.306 bits per heavy atom. The summed E-state index contributed by atoms with van der Waals surface area (Å²) < 4.78 is 0. The lowest BCUT2D eigenvalue weighted by molar-refractivity contribution is 1.21. The first-order valence-electron chi connectivity index (χ1n) is 11.6.